The van der Waals surface area contributed by atoms with Crippen LogP contribution in [0.1, 0.15) is 58.3 Å². The third-order valence-electron chi connectivity index (χ3n) is 4.44. The molecule has 0 aliphatic carbocycles. The molecule has 3 rings (SSSR count). The molecule has 136 valence electrons. The van der Waals surface area contributed by atoms with Gasteiger partial charge < -0.3 is 19.3 Å². The van der Waals surface area contributed by atoms with Crippen molar-refractivity contribution in [1.82, 2.24) is 29.9 Å². The zero-order valence-electron chi connectivity index (χ0n) is 15.3. The quantitative estimate of drug-likeness (QED) is 0.919. The highest BCUT2D eigenvalue weighted by atomic mass is 16.5. The predicted molar refractivity (Wildman–Crippen MR) is 91.9 cm³/mol. The van der Waals surface area contributed by atoms with Gasteiger partial charge in [0.25, 0.3) is 0 Å². The highest BCUT2D eigenvalue weighted by Crippen LogP contribution is 2.22. The van der Waals surface area contributed by atoms with Crippen LogP contribution in [-0.4, -0.2) is 43.2 Å². The van der Waals surface area contributed by atoms with Crippen molar-refractivity contribution < 1.29 is 9.32 Å². The van der Waals surface area contributed by atoms with Crippen LogP contribution in [0.25, 0.3) is 0 Å². The first-order chi connectivity index (χ1) is 11.8. The van der Waals surface area contributed by atoms with E-state index in [4.69, 9.17) is 4.52 Å². The summed E-state index contributed by atoms with van der Waals surface area (Å²) < 4.78 is 7.33. The molecule has 8 nitrogen and oxygen atoms in total. The van der Waals surface area contributed by atoms with Crippen LogP contribution in [0.2, 0.25) is 0 Å². The highest BCUT2D eigenvalue weighted by Gasteiger charge is 2.31. The number of hydrogen-bond acceptors (Lipinski definition) is 5. The van der Waals surface area contributed by atoms with Gasteiger partial charge in [0.1, 0.15) is 6.04 Å². The van der Waals surface area contributed by atoms with Crippen molar-refractivity contribution in [2.75, 3.05) is 6.54 Å². The van der Waals surface area contributed by atoms with E-state index >= 15 is 0 Å². The van der Waals surface area contributed by atoms with Crippen LogP contribution in [0.3, 0.4) is 0 Å². The summed E-state index contributed by atoms with van der Waals surface area (Å²) in [5, 5.41) is 7.00. The van der Waals surface area contributed by atoms with E-state index in [0.717, 1.165) is 25.9 Å². The second kappa shape index (κ2) is 6.85. The highest BCUT2D eigenvalue weighted by molar-refractivity contribution is 5.75. The van der Waals surface area contributed by atoms with Crippen molar-refractivity contribution >= 4 is 6.03 Å². The smallest absolute Gasteiger partial charge is 0.318 e. The van der Waals surface area contributed by atoms with Gasteiger partial charge in [-0.2, -0.15) is 4.98 Å². The number of likely N-dealkylation sites (tertiary alicyclic amines) is 1. The number of urea groups is 1. The molecule has 2 atom stereocenters. The van der Waals surface area contributed by atoms with Crippen molar-refractivity contribution in [1.29, 1.82) is 0 Å². The van der Waals surface area contributed by atoms with Crippen LogP contribution in [0.4, 0.5) is 4.79 Å². The molecule has 1 N–H and O–H groups in total. The molecule has 2 aromatic rings. The minimum Gasteiger partial charge on any atom is -0.337 e. The van der Waals surface area contributed by atoms with Gasteiger partial charge in [0.2, 0.25) is 5.89 Å². The van der Waals surface area contributed by atoms with E-state index < -0.39 is 0 Å². The number of nitrogens with one attached hydrogen (secondary N) is 1. The van der Waals surface area contributed by atoms with Gasteiger partial charge in [-0.15, -0.1) is 0 Å². The Morgan fingerprint density at radius 2 is 2.28 bits per heavy atom. The molecule has 0 unspecified atom stereocenters. The van der Waals surface area contributed by atoms with Crippen molar-refractivity contribution in [3.63, 3.8) is 0 Å². The number of aromatic nitrogens is 4. The van der Waals surface area contributed by atoms with E-state index in [1.807, 2.05) is 43.4 Å². The maximum Gasteiger partial charge on any atom is 0.318 e. The van der Waals surface area contributed by atoms with Crippen molar-refractivity contribution in [2.24, 2.45) is 0 Å². The van der Waals surface area contributed by atoms with Crippen LogP contribution >= 0.6 is 0 Å². The van der Waals surface area contributed by atoms with Crippen LogP contribution < -0.4 is 5.32 Å². The summed E-state index contributed by atoms with van der Waals surface area (Å²) in [7, 11) is 0. The van der Waals surface area contributed by atoms with Gasteiger partial charge in [0.05, 0.1) is 12.4 Å². The van der Waals surface area contributed by atoms with Crippen LogP contribution in [-0.2, 0) is 12.0 Å². The molecule has 1 aliphatic heterocycles. The normalized spacial score (nSPS) is 19.2. The molecule has 0 spiro atoms. The molecule has 0 radical (unpaired) electrons. The SMILES string of the molecule is C[C@H](NC(=O)N1CCC[C@@H]1Cn1ccnc1)c1nc(C(C)(C)C)no1. The molecule has 25 heavy (non-hydrogen) atoms. The van der Waals surface area contributed by atoms with Crippen molar-refractivity contribution in [3.8, 4) is 0 Å². The fraction of sp³-hybridized carbons (Fsp3) is 0.647. The Balaban J connectivity index is 1.61. The number of nitrogens with zero attached hydrogens (tertiary/aromatic N) is 5. The molecule has 2 aromatic heterocycles. The minimum absolute atomic E-state index is 0.0920. The van der Waals surface area contributed by atoms with Gasteiger partial charge in [0, 0.05) is 30.9 Å². The van der Waals surface area contributed by atoms with Crippen molar-refractivity contribution in [3.05, 3.63) is 30.4 Å². The lowest BCUT2D eigenvalue weighted by molar-refractivity contribution is 0.181. The third kappa shape index (κ3) is 4.00. The first-order valence-corrected chi connectivity index (χ1v) is 8.71. The van der Waals surface area contributed by atoms with Gasteiger partial charge in [-0.1, -0.05) is 25.9 Å². The largest absolute Gasteiger partial charge is 0.337 e. The molecule has 1 saturated heterocycles. The van der Waals surface area contributed by atoms with Gasteiger partial charge in [-0.05, 0) is 19.8 Å². The Labute approximate surface area is 147 Å². The molecule has 3 heterocycles. The number of hydrogen-bond donors (Lipinski definition) is 1. The number of amides is 2. The first-order valence-electron chi connectivity index (χ1n) is 8.71. The second-order valence-electron chi connectivity index (χ2n) is 7.63. The summed E-state index contributed by atoms with van der Waals surface area (Å²) in [6, 6.07) is -0.245. The number of rotatable bonds is 4. The summed E-state index contributed by atoms with van der Waals surface area (Å²) in [5.74, 6) is 1.08. The predicted octanol–water partition coefficient (Wildman–Crippen LogP) is 2.50. The fourth-order valence-corrected chi connectivity index (χ4v) is 2.98. The summed E-state index contributed by atoms with van der Waals surface area (Å²) in [6.45, 7) is 9.45. The summed E-state index contributed by atoms with van der Waals surface area (Å²) >= 11 is 0. The molecule has 2 amide bonds. The molecule has 0 aromatic carbocycles. The van der Waals surface area contributed by atoms with E-state index in [1.165, 1.54) is 0 Å². The molecule has 8 heteroatoms. The number of imidazole rings is 1. The van der Waals surface area contributed by atoms with E-state index in [0.29, 0.717) is 11.7 Å². The molecule has 0 saturated carbocycles. The average molecular weight is 346 g/mol. The third-order valence-corrected chi connectivity index (χ3v) is 4.44. The second-order valence-corrected chi connectivity index (χ2v) is 7.63. The molecule has 0 bridgehead atoms. The standard InChI is InChI=1S/C17H26N6O2/c1-12(14-20-15(21-25-14)17(2,3)4)19-16(24)23-8-5-6-13(23)10-22-9-7-18-11-22/h7,9,11-13H,5-6,8,10H2,1-4H3,(H,19,24)/t12-,13+/m0/s1. The molecule has 1 aliphatic rings. The summed E-state index contributed by atoms with van der Waals surface area (Å²) in [5.41, 5.74) is -0.184. The van der Waals surface area contributed by atoms with Gasteiger partial charge in [-0.25, -0.2) is 9.78 Å². The van der Waals surface area contributed by atoms with Gasteiger partial charge >= 0.3 is 6.03 Å². The maximum atomic E-state index is 12.7. The Hall–Kier alpha value is -2.38. The Morgan fingerprint density at radius 3 is 2.92 bits per heavy atom. The maximum absolute atomic E-state index is 12.7. The van der Waals surface area contributed by atoms with E-state index in [2.05, 4.69) is 20.4 Å². The van der Waals surface area contributed by atoms with E-state index in [-0.39, 0.29) is 23.5 Å². The zero-order chi connectivity index (χ0) is 18.0. The molecular formula is C17H26N6O2. The monoisotopic (exact) mass is 346 g/mol. The fourth-order valence-electron chi connectivity index (χ4n) is 2.98. The number of carbonyl (C=O) groups is 1. The minimum atomic E-state index is -0.328. The Morgan fingerprint density at radius 1 is 1.48 bits per heavy atom. The van der Waals surface area contributed by atoms with Crippen LogP contribution in [0, 0.1) is 0 Å². The summed E-state index contributed by atoms with van der Waals surface area (Å²) in [4.78, 5) is 23.0. The van der Waals surface area contributed by atoms with Gasteiger partial charge in [-0.3, -0.25) is 0 Å². The lowest BCUT2D eigenvalue weighted by Gasteiger charge is -2.26. The topological polar surface area (TPSA) is 89.1 Å². The van der Waals surface area contributed by atoms with Gasteiger partial charge in [0.15, 0.2) is 5.82 Å². The lowest BCUT2D eigenvalue weighted by Crippen LogP contribution is -2.45. The lowest BCUT2D eigenvalue weighted by atomic mass is 9.96. The van der Waals surface area contributed by atoms with Crippen molar-refractivity contribution in [2.45, 2.75) is 64.6 Å². The number of carbonyl (C=O) groups excluding carboxylic acids is 1. The van der Waals surface area contributed by atoms with E-state index in [1.54, 1.807) is 12.5 Å². The van der Waals surface area contributed by atoms with Crippen LogP contribution in [0.15, 0.2) is 23.2 Å². The van der Waals surface area contributed by atoms with Crippen LogP contribution in [0.5, 0.6) is 0 Å². The zero-order valence-corrected chi connectivity index (χ0v) is 15.3. The Kier molecular flexibility index (Phi) is 4.78. The summed E-state index contributed by atoms with van der Waals surface area (Å²) in [6.07, 6.45) is 7.46. The Bertz CT molecular complexity index is 703. The molecule has 1 fully saturated rings. The first kappa shape index (κ1) is 17.4. The molecular weight excluding hydrogens is 320 g/mol. The average Bonchev–Trinajstić information content (AvgIpc) is 3.28. The van der Waals surface area contributed by atoms with E-state index in [9.17, 15) is 4.79 Å².